The van der Waals surface area contributed by atoms with E-state index in [4.69, 9.17) is 14.5 Å². The van der Waals surface area contributed by atoms with Gasteiger partial charge in [-0.3, -0.25) is 4.84 Å². The molecule has 1 fully saturated rings. The summed E-state index contributed by atoms with van der Waals surface area (Å²) >= 11 is 0. The topological polar surface area (TPSA) is 105 Å². The second kappa shape index (κ2) is 7.07. The number of aliphatic hydroxyl groups is 1. The van der Waals surface area contributed by atoms with Gasteiger partial charge in [0.2, 0.25) is 6.23 Å². The number of nitrogens with zero attached hydrogens (tertiary/aromatic N) is 2. The summed E-state index contributed by atoms with van der Waals surface area (Å²) < 4.78 is 82.2. The van der Waals surface area contributed by atoms with Crippen molar-refractivity contribution in [1.29, 1.82) is 0 Å². The molecule has 1 saturated heterocycles. The maximum absolute atomic E-state index is 14.0. The van der Waals surface area contributed by atoms with Crippen molar-refractivity contribution < 1.29 is 40.4 Å². The number of aromatic nitrogens is 1. The summed E-state index contributed by atoms with van der Waals surface area (Å²) in [6.45, 7) is 3.47. The van der Waals surface area contributed by atoms with Crippen molar-refractivity contribution in [3.63, 3.8) is 0 Å². The van der Waals surface area contributed by atoms with Crippen LogP contribution in [0.1, 0.15) is 26.0 Å². The molecule has 1 aromatic carbocycles. The smallest absolute Gasteiger partial charge is 0.366 e. The van der Waals surface area contributed by atoms with Gasteiger partial charge in [0.15, 0.2) is 15.4 Å². The summed E-state index contributed by atoms with van der Waals surface area (Å²) in [5, 5.41) is 14.6. The summed E-state index contributed by atoms with van der Waals surface area (Å²) in [4.78, 5) is 5.48. The van der Waals surface area contributed by atoms with Gasteiger partial charge >= 0.3 is 6.18 Å². The van der Waals surface area contributed by atoms with Gasteiger partial charge in [0.25, 0.3) is 0 Å². The van der Waals surface area contributed by atoms with Gasteiger partial charge < -0.3 is 14.9 Å². The summed E-state index contributed by atoms with van der Waals surface area (Å²) in [6, 6.07) is 1.68. The van der Waals surface area contributed by atoms with E-state index in [1.165, 1.54) is 12.1 Å². The Morgan fingerprint density at radius 1 is 1.41 bits per heavy atom. The van der Waals surface area contributed by atoms with Crippen LogP contribution in [0.25, 0.3) is 11.0 Å². The predicted octanol–water partition coefficient (Wildman–Crippen LogP) is 2.55. The van der Waals surface area contributed by atoms with Crippen molar-refractivity contribution in [2.75, 3.05) is 12.4 Å². The van der Waals surface area contributed by atoms with Crippen molar-refractivity contribution in [3.05, 3.63) is 23.6 Å². The molecule has 0 aliphatic carbocycles. The number of halogens is 4. The second-order valence-electron chi connectivity index (χ2n) is 7.41. The summed E-state index contributed by atoms with van der Waals surface area (Å²) in [7, 11) is -2.35. The molecular formula is C16H19F4N3O5S. The number of hydroxylamine groups is 2. The highest BCUT2D eigenvalue weighted by Gasteiger charge is 2.44. The Morgan fingerprint density at radius 2 is 2.07 bits per heavy atom. The minimum Gasteiger partial charge on any atom is -0.366 e. The first-order chi connectivity index (χ1) is 13.2. The normalized spacial score (nSPS) is 21.6. The van der Waals surface area contributed by atoms with Crippen LogP contribution in [-0.4, -0.2) is 54.2 Å². The van der Waals surface area contributed by atoms with E-state index in [1.54, 1.807) is 19.2 Å². The Labute approximate surface area is 163 Å². The fraction of sp³-hybridized carbons (Fsp3) is 0.562. The number of aliphatic hydroxyl groups excluding tert-OH is 1. The first-order valence-corrected chi connectivity index (χ1v) is 10.1. The first-order valence-electron chi connectivity index (χ1n) is 8.42. The molecule has 0 bridgehead atoms. The van der Waals surface area contributed by atoms with Crippen molar-refractivity contribution in [1.82, 2.24) is 10.2 Å². The number of hydrogen-bond donors (Lipinski definition) is 2. The van der Waals surface area contributed by atoms with E-state index >= 15 is 0 Å². The Kier molecular flexibility index (Phi) is 5.30. The van der Waals surface area contributed by atoms with E-state index in [2.05, 4.69) is 5.16 Å². The van der Waals surface area contributed by atoms with E-state index < -0.39 is 50.5 Å². The third kappa shape index (κ3) is 4.47. The third-order valence-corrected chi connectivity index (χ3v) is 6.42. The third-order valence-electron chi connectivity index (χ3n) is 4.45. The molecule has 2 atom stereocenters. The van der Waals surface area contributed by atoms with E-state index in [9.17, 15) is 26.0 Å². The quantitative estimate of drug-likeness (QED) is 0.539. The van der Waals surface area contributed by atoms with Gasteiger partial charge in [-0.1, -0.05) is 5.16 Å². The molecular weight excluding hydrogens is 422 g/mol. The second-order valence-corrected chi connectivity index (χ2v) is 9.57. The number of hydrogen-bond acceptors (Lipinski definition) is 8. The Morgan fingerprint density at radius 3 is 2.62 bits per heavy atom. The maximum Gasteiger partial charge on any atom is 0.433 e. The molecule has 1 aliphatic rings. The van der Waals surface area contributed by atoms with Crippen molar-refractivity contribution in [3.8, 4) is 0 Å². The molecule has 0 amide bonds. The first kappa shape index (κ1) is 21.7. The molecule has 8 nitrogen and oxygen atoms in total. The molecule has 2 unspecified atom stereocenters. The van der Waals surface area contributed by atoms with Crippen LogP contribution in [0, 0.1) is 5.82 Å². The minimum atomic E-state index is -5.03. The van der Waals surface area contributed by atoms with Gasteiger partial charge in [-0.15, -0.1) is 0 Å². The SMILES string of the molecule is CN1OC(C)(C)CC1S(=O)(=O)Cc1noc2cc(F)c(NC(O)C(F)(F)F)cc12. The zero-order valence-electron chi connectivity index (χ0n) is 15.6. The van der Waals surface area contributed by atoms with Crippen LogP contribution in [0.2, 0.25) is 0 Å². The van der Waals surface area contributed by atoms with Crippen LogP contribution >= 0.6 is 0 Å². The number of alkyl halides is 3. The van der Waals surface area contributed by atoms with Gasteiger partial charge in [-0.05, 0) is 19.9 Å². The van der Waals surface area contributed by atoms with E-state index in [1.807, 2.05) is 0 Å². The predicted molar refractivity (Wildman–Crippen MR) is 93.6 cm³/mol. The largest absolute Gasteiger partial charge is 0.433 e. The van der Waals surface area contributed by atoms with E-state index in [0.717, 1.165) is 12.1 Å². The van der Waals surface area contributed by atoms with Gasteiger partial charge in [0, 0.05) is 24.9 Å². The Hall–Kier alpha value is -1.96. The molecule has 1 aromatic heterocycles. The van der Waals surface area contributed by atoms with Gasteiger partial charge in [0.05, 0.1) is 17.0 Å². The standard InChI is InChI=1S/C16H19F4N3O5S/c1-15(2)6-13(23(3)28-15)29(25,26)7-11-8-4-10(21-14(24)16(18,19)20)9(17)5-12(8)27-22-11/h4-5,13-14,21,24H,6-7H2,1-3H3. The maximum atomic E-state index is 14.0. The Bertz CT molecular complexity index is 1020. The molecule has 162 valence electrons. The molecule has 29 heavy (non-hydrogen) atoms. The lowest BCUT2D eigenvalue weighted by Crippen LogP contribution is -2.36. The van der Waals surface area contributed by atoms with E-state index in [-0.39, 0.29) is 23.1 Å². The molecule has 13 heteroatoms. The number of rotatable bonds is 5. The highest BCUT2D eigenvalue weighted by atomic mass is 32.2. The van der Waals surface area contributed by atoms with Gasteiger partial charge in [-0.2, -0.15) is 18.2 Å². The zero-order chi connectivity index (χ0) is 21.8. The fourth-order valence-electron chi connectivity index (χ4n) is 3.13. The molecule has 3 rings (SSSR count). The average Bonchev–Trinajstić information content (AvgIpc) is 3.06. The number of sulfone groups is 1. The minimum absolute atomic E-state index is 0.00711. The van der Waals surface area contributed by atoms with Crippen LogP contribution in [-0.2, 0) is 20.4 Å². The van der Waals surface area contributed by atoms with Crippen LogP contribution < -0.4 is 5.32 Å². The van der Waals surface area contributed by atoms with Crippen LogP contribution in [0.15, 0.2) is 16.7 Å². The molecule has 1 aliphatic heterocycles. The molecule has 0 radical (unpaired) electrons. The summed E-state index contributed by atoms with van der Waals surface area (Å²) in [5.74, 6) is -1.72. The number of anilines is 1. The van der Waals surface area contributed by atoms with Crippen LogP contribution in [0.5, 0.6) is 0 Å². The molecule has 0 saturated carbocycles. The van der Waals surface area contributed by atoms with Crippen LogP contribution in [0.4, 0.5) is 23.2 Å². The lowest BCUT2D eigenvalue weighted by molar-refractivity contribution is -0.194. The number of fused-ring (bicyclic) bond motifs is 1. The summed E-state index contributed by atoms with van der Waals surface area (Å²) in [5.41, 5.74) is -1.60. The lowest BCUT2D eigenvalue weighted by Gasteiger charge is -2.18. The van der Waals surface area contributed by atoms with Gasteiger partial charge in [-0.25, -0.2) is 12.8 Å². The Balaban J connectivity index is 1.92. The lowest BCUT2D eigenvalue weighted by atomic mass is 10.1. The van der Waals surface area contributed by atoms with Gasteiger partial charge in [0.1, 0.15) is 16.9 Å². The highest BCUT2D eigenvalue weighted by molar-refractivity contribution is 7.91. The molecule has 2 aromatic rings. The van der Waals surface area contributed by atoms with Crippen molar-refractivity contribution in [2.24, 2.45) is 0 Å². The molecule has 2 N–H and O–H groups in total. The average molecular weight is 441 g/mol. The van der Waals surface area contributed by atoms with Crippen molar-refractivity contribution in [2.45, 2.75) is 49.4 Å². The van der Waals surface area contributed by atoms with E-state index in [0.29, 0.717) is 0 Å². The highest BCUT2D eigenvalue weighted by Crippen LogP contribution is 2.35. The molecule has 0 spiro atoms. The van der Waals surface area contributed by atoms with Crippen molar-refractivity contribution >= 4 is 26.5 Å². The summed E-state index contributed by atoms with van der Waals surface area (Å²) in [6.07, 6.45) is -7.84. The fourth-order valence-corrected chi connectivity index (χ4v) is 5.06. The molecule has 2 heterocycles. The number of benzene rings is 1. The monoisotopic (exact) mass is 441 g/mol. The van der Waals surface area contributed by atoms with Crippen LogP contribution in [0.3, 0.4) is 0 Å². The number of nitrogens with one attached hydrogen (secondary N) is 1. The zero-order valence-corrected chi connectivity index (χ0v) is 16.4.